The first-order valence-electron chi connectivity index (χ1n) is 5.33. The first-order valence-corrected chi connectivity index (χ1v) is 5.70. The average molecular weight is 251 g/mol. The van der Waals surface area contributed by atoms with Crippen LogP contribution < -0.4 is 0 Å². The van der Waals surface area contributed by atoms with Crippen LogP contribution in [0.1, 0.15) is 12.8 Å². The fourth-order valence-corrected chi connectivity index (χ4v) is 4.22. The number of hydrogen-bond acceptors (Lipinski definition) is 1. The van der Waals surface area contributed by atoms with Crippen molar-refractivity contribution >= 4 is 16.8 Å². The van der Waals surface area contributed by atoms with E-state index in [0.717, 1.165) is 6.42 Å². The Hall–Kier alpha value is -0.510. The normalized spacial score (nSPS) is 49.0. The van der Waals surface area contributed by atoms with Gasteiger partial charge in [0.25, 0.3) is 0 Å². The molecule has 3 aliphatic carbocycles. The molecular weight excluding hydrogens is 241 g/mol. The second kappa shape index (κ2) is 2.84. The predicted octanol–water partition coefficient (Wildman–Crippen LogP) is 3.14. The van der Waals surface area contributed by atoms with Crippen molar-refractivity contribution in [1.29, 1.82) is 0 Å². The van der Waals surface area contributed by atoms with Gasteiger partial charge >= 0.3 is 6.18 Å². The van der Waals surface area contributed by atoms with E-state index in [1.807, 2.05) is 12.2 Å². The van der Waals surface area contributed by atoms with E-state index >= 15 is 0 Å². The number of allylic oxidation sites excluding steroid dienone is 2. The lowest BCUT2D eigenvalue weighted by Crippen LogP contribution is -2.61. The summed E-state index contributed by atoms with van der Waals surface area (Å²) in [7, 11) is 0. The molecule has 16 heavy (non-hydrogen) atoms. The van der Waals surface area contributed by atoms with E-state index in [-0.39, 0.29) is 24.2 Å². The van der Waals surface area contributed by atoms with Gasteiger partial charge in [-0.15, -0.1) is 0 Å². The molecule has 0 aliphatic heterocycles. The van der Waals surface area contributed by atoms with Crippen LogP contribution in [0.3, 0.4) is 0 Å². The second-order valence-corrected chi connectivity index (χ2v) is 5.43. The molecule has 3 aliphatic rings. The summed E-state index contributed by atoms with van der Waals surface area (Å²) in [6.45, 7) is 0. The van der Waals surface area contributed by atoms with Gasteiger partial charge in [0, 0.05) is 0 Å². The van der Waals surface area contributed by atoms with Crippen LogP contribution in [-0.4, -0.2) is 11.4 Å². The second-order valence-electron chi connectivity index (χ2n) is 5.08. The van der Waals surface area contributed by atoms with Crippen LogP contribution in [0.25, 0.3) is 0 Å². The predicted molar refractivity (Wildman–Crippen MR) is 51.7 cm³/mol. The molecule has 0 heterocycles. The molecule has 0 spiro atoms. The summed E-state index contributed by atoms with van der Waals surface area (Å²) in [5.41, 5.74) is -2.26. The fourth-order valence-electron chi connectivity index (χ4n) is 3.91. The number of alkyl halides is 3. The molecule has 0 aromatic carbocycles. The van der Waals surface area contributed by atoms with Gasteiger partial charge in [-0.2, -0.15) is 13.2 Å². The molecule has 5 atom stereocenters. The zero-order valence-electron chi connectivity index (χ0n) is 8.30. The van der Waals surface area contributed by atoms with E-state index in [1.165, 1.54) is 0 Å². The van der Waals surface area contributed by atoms with Gasteiger partial charge in [-0.1, -0.05) is 12.2 Å². The van der Waals surface area contributed by atoms with Crippen molar-refractivity contribution in [3.63, 3.8) is 0 Å². The topological polar surface area (TPSA) is 17.1 Å². The quantitative estimate of drug-likeness (QED) is 0.516. The first kappa shape index (κ1) is 10.6. The molecule has 5 unspecified atom stereocenters. The molecule has 5 heteroatoms. The number of halogens is 4. The molecule has 2 saturated carbocycles. The summed E-state index contributed by atoms with van der Waals surface area (Å²) >= 11 is 5.24. The lowest BCUT2D eigenvalue weighted by Gasteiger charge is -2.54. The lowest BCUT2D eigenvalue weighted by atomic mass is 9.50. The minimum Gasteiger partial charge on any atom is -0.280 e. The van der Waals surface area contributed by atoms with Gasteiger partial charge in [-0.3, -0.25) is 4.79 Å². The van der Waals surface area contributed by atoms with Gasteiger partial charge in [-0.25, -0.2) is 0 Å². The maximum absolute atomic E-state index is 13.0. The summed E-state index contributed by atoms with van der Waals surface area (Å²) in [6.07, 6.45) is -0.0478. The molecule has 0 amide bonds. The maximum Gasteiger partial charge on any atom is 0.402 e. The van der Waals surface area contributed by atoms with E-state index in [2.05, 4.69) is 0 Å². The Morgan fingerprint density at radius 2 is 1.94 bits per heavy atom. The van der Waals surface area contributed by atoms with Crippen LogP contribution >= 0.6 is 11.6 Å². The Bertz CT molecular complexity index is 389. The van der Waals surface area contributed by atoms with E-state index in [4.69, 9.17) is 11.6 Å². The summed E-state index contributed by atoms with van der Waals surface area (Å²) in [5.74, 6) is -0.457. The third-order valence-corrected chi connectivity index (χ3v) is 4.94. The molecule has 88 valence electrons. The Morgan fingerprint density at radius 1 is 1.31 bits per heavy atom. The van der Waals surface area contributed by atoms with Crippen LogP contribution in [0.5, 0.6) is 0 Å². The van der Waals surface area contributed by atoms with Gasteiger partial charge in [-0.05, 0) is 48.1 Å². The van der Waals surface area contributed by atoms with E-state index in [9.17, 15) is 18.0 Å². The Labute approximate surface area is 95.6 Å². The summed E-state index contributed by atoms with van der Waals surface area (Å²) in [5, 5.41) is -1.22. The zero-order chi connectivity index (χ0) is 11.7. The monoisotopic (exact) mass is 250 g/mol. The van der Waals surface area contributed by atoms with Gasteiger partial charge in [0.2, 0.25) is 5.24 Å². The van der Waals surface area contributed by atoms with Gasteiger partial charge < -0.3 is 0 Å². The van der Waals surface area contributed by atoms with Crippen molar-refractivity contribution in [2.75, 3.05) is 0 Å². The van der Waals surface area contributed by atoms with Crippen molar-refractivity contribution in [3.05, 3.63) is 12.2 Å². The standard InChI is InChI=1S/C11H10ClF3O/c12-9(16)10(11(13,14)15)4-7-5-1-2-6(3-5)8(7)10/h1-2,5-8H,3-4H2. The molecule has 1 nitrogen and oxygen atoms in total. The molecule has 0 radical (unpaired) electrons. The maximum atomic E-state index is 13.0. The highest BCUT2D eigenvalue weighted by Crippen LogP contribution is 2.71. The third-order valence-electron chi connectivity index (χ3n) is 4.61. The van der Waals surface area contributed by atoms with Crippen molar-refractivity contribution in [2.24, 2.45) is 29.1 Å². The molecule has 0 aromatic rings. The summed E-state index contributed by atoms with van der Waals surface area (Å²) in [4.78, 5) is 11.2. The van der Waals surface area contributed by atoms with Crippen molar-refractivity contribution in [3.8, 4) is 0 Å². The first-order chi connectivity index (χ1) is 7.38. The smallest absolute Gasteiger partial charge is 0.280 e. The minimum absolute atomic E-state index is 0.0133. The fraction of sp³-hybridized carbons (Fsp3) is 0.727. The van der Waals surface area contributed by atoms with Crippen LogP contribution in [-0.2, 0) is 4.79 Å². The van der Waals surface area contributed by atoms with E-state index < -0.39 is 22.8 Å². The number of fused-ring (bicyclic) bond motifs is 5. The van der Waals surface area contributed by atoms with Gasteiger partial charge in [0.1, 0.15) is 5.41 Å². The van der Waals surface area contributed by atoms with Crippen LogP contribution in [0.4, 0.5) is 13.2 Å². The van der Waals surface area contributed by atoms with Crippen LogP contribution in [0.2, 0.25) is 0 Å². The third kappa shape index (κ3) is 0.974. The highest BCUT2D eigenvalue weighted by atomic mass is 35.5. The highest BCUT2D eigenvalue weighted by Gasteiger charge is 2.76. The van der Waals surface area contributed by atoms with Crippen molar-refractivity contribution in [1.82, 2.24) is 0 Å². The zero-order valence-corrected chi connectivity index (χ0v) is 9.05. The Morgan fingerprint density at radius 3 is 2.44 bits per heavy atom. The molecule has 2 bridgehead atoms. The van der Waals surface area contributed by atoms with E-state index in [0.29, 0.717) is 0 Å². The molecule has 0 saturated heterocycles. The molecular formula is C11H10ClF3O. The minimum atomic E-state index is -4.51. The number of hydrogen-bond donors (Lipinski definition) is 0. The number of rotatable bonds is 1. The largest absolute Gasteiger partial charge is 0.402 e. The molecule has 0 N–H and O–H groups in total. The Balaban J connectivity index is 2.01. The highest BCUT2D eigenvalue weighted by molar-refractivity contribution is 6.65. The summed E-state index contributed by atoms with van der Waals surface area (Å²) < 4.78 is 39.1. The van der Waals surface area contributed by atoms with Crippen molar-refractivity contribution in [2.45, 2.75) is 19.0 Å². The molecule has 0 aromatic heterocycles. The SMILES string of the molecule is O=C(Cl)C1(C(F)(F)F)CC2C3C=CC(C3)C21. The average Bonchev–Trinajstić information content (AvgIpc) is 2.56. The van der Waals surface area contributed by atoms with Crippen molar-refractivity contribution < 1.29 is 18.0 Å². The van der Waals surface area contributed by atoms with Crippen LogP contribution in [0.15, 0.2) is 12.2 Å². The lowest BCUT2D eigenvalue weighted by molar-refractivity contribution is -0.275. The molecule has 2 fully saturated rings. The number of carbonyl (C=O) groups excluding carboxylic acids is 1. The molecule has 3 rings (SSSR count). The van der Waals surface area contributed by atoms with E-state index in [1.54, 1.807) is 0 Å². The number of carbonyl (C=O) groups is 1. The summed E-state index contributed by atoms with van der Waals surface area (Å²) in [6, 6.07) is 0. The van der Waals surface area contributed by atoms with Gasteiger partial charge in [0.05, 0.1) is 0 Å². The van der Waals surface area contributed by atoms with Crippen LogP contribution in [0, 0.1) is 29.1 Å². The van der Waals surface area contributed by atoms with Gasteiger partial charge in [0.15, 0.2) is 0 Å². The Kier molecular flexibility index (Phi) is 1.88.